The standard InChI is InChI=1S/C21H18F3N7O/c1-3-18(32)27-15-7-4-8-16(10-15)28-19-17(21(22,23)24)12-26-20(29-19)31-30-13(2)14-6-5-9-25-11-14/h3-12H,1H2,2H3,(H,27,32)(H2,26,28,29,31)/b30-13+. The Balaban J connectivity index is 1.88. The predicted molar refractivity (Wildman–Crippen MR) is 116 cm³/mol. The minimum atomic E-state index is -4.69. The van der Waals surface area contributed by atoms with E-state index in [9.17, 15) is 18.0 Å². The van der Waals surface area contributed by atoms with Gasteiger partial charge in [0.1, 0.15) is 11.4 Å². The Morgan fingerprint density at radius 2 is 1.94 bits per heavy atom. The maximum atomic E-state index is 13.5. The quantitative estimate of drug-likeness (QED) is 0.281. The van der Waals surface area contributed by atoms with Gasteiger partial charge in [0.05, 0.1) is 5.71 Å². The van der Waals surface area contributed by atoms with Gasteiger partial charge in [0, 0.05) is 35.5 Å². The summed E-state index contributed by atoms with van der Waals surface area (Å²) in [5.41, 5.74) is 3.41. The molecule has 0 saturated carbocycles. The second-order valence-corrected chi connectivity index (χ2v) is 6.40. The van der Waals surface area contributed by atoms with Crippen LogP contribution >= 0.6 is 0 Å². The summed E-state index contributed by atoms with van der Waals surface area (Å²) in [6.45, 7) is 5.06. The van der Waals surface area contributed by atoms with Crippen molar-refractivity contribution in [1.82, 2.24) is 15.0 Å². The molecule has 2 aromatic heterocycles. The van der Waals surface area contributed by atoms with Gasteiger partial charge in [-0.2, -0.15) is 23.3 Å². The van der Waals surface area contributed by atoms with Crippen LogP contribution in [-0.2, 0) is 11.0 Å². The molecule has 164 valence electrons. The molecule has 8 nitrogen and oxygen atoms in total. The summed E-state index contributed by atoms with van der Waals surface area (Å²) in [4.78, 5) is 23.1. The number of nitrogens with one attached hydrogen (secondary N) is 3. The van der Waals surface area contributed by atoms with Crippen LogP contribution in [0.4, 0.5) is 36.3 Å². The number of pyridine rings is 1. The van der Waals surface area contributed by atoms with Crippen LogP contribution in [0.15, 0.2) is 72.7 Å². The highest BCUT2D eigenvalue weighted by atomic mass is 19.4. The SMILES string of the molecule is C=CC(=O)Nc1cccc(Nc2nc(N/N=C(\C)c3cccnc3)ncc2C(F)(F)F)c1. The van der Waals surface area contributed by atoms with Crippen LogP contribution in [0.5, 0.6) is 0 Å². The average Bonchev–Trinajstić information content (AvgIpc) is 2.77. The number of nitrogens with zero attached hydrogens (tertiary/aromatic N) is 4. The summed E-state index contributed by atoms with van der Waals surface area (Å²) in [6, 6.07) is 9.66. The minimum absolute atomic E-state index is 0.139. The molecule has 0 radical (unpaired) electrons. The lowest BCUT2D eigenvalue weighted by atomic mass is 10.2. The van der Waals surface area contributed by atoms with Crippen LogP contribution in [0.2, 0.25) is 0 Å². The molecule has 0 fully saturated rings. The van der Waals surface area contributed by atoms with E-state index >= 15 is 0 Å². The first kappa shape index (κ1) is 22.4. The molecule has 32 heavy (non-hydrogen) atoms. The van der Waals surface area contributed by atoms with Gasteiger partial charge in [0.25, 0.3) is 0 Å². The summed E-state index contributed by atoms with van der Waals surface area (Å²) in [6.07, 6.45) is 0.261. The molecule has 2 heterocycles. The molecular formula is C21H18F3N7O. The van der Waals surface area contributed by atoms with E-state index in [0.29, 0.717) is 17.6 Å². The lowest BCUT2D eigenvalue weighted by molar-refractivity contribution is -0.137. The molecule has 0 aliphatic rings. The zero-order chi connectivity index (χ0) is 23.1. The predicted octanol–water partition coefficient (Wildman–Crippen LogP) is 4.59. The second kappa shape index (κ2) is 9.69. The monoisotopic (exact) mass is 441 g/mol. The Bertz CT molecular complexity index is 1150. The Morgan fingerprint density at radius 1 is 1.16 bits per heavy atom. The lowest BCUT2D eigenvalue weighted by Gasteiger charge is -2.15. The molecule has 3 aromatic rings. The molecule has 1 aromatic carbocycles. The summed E-state index contributed by atoms with van der Waals surface area (Å²) in [7, 11) is 0. The Morgan fingerprint density at radius 3 is 2.62 bits per heavy atom. The number of anilines is 4. The van der Waals surface area contributed by atoms with Gasteiger partial charge in [-0.3, -0.25) is 9.78 Å². The van der Waals surface area contributed by atoms with E-state index in [-0.39, 0.29) is 11.6 Å². The molecule has 0 bridgehead atoms. The summed E-state index contributed by atoms with van der Waals surface area (Å²) >= 11 is 0. The van der Waals surface area contributed by atoms with Crippen LogP contribution < -0.4 is 16.1 Å². The number of rotatable bonds is 7. The molecule has 3 rings (SSSR count). The van der Waals surface area contributed by atoms with Crippen molar-refractivity contribution in [2.75, 3.05) is 16.1 Å². The topological polar surface area (TPSA) is 104 Å². The number of carbonyl (C=O) groups is 1. The van der Waals surface area contributed by atoms with Crippen LogP contribution in [0.3, 0.4) is 0 Å². The number of hydrazone groups is 1. The smallest absolute Gasteiger partial charge is 0.339 e. The van der Waals surface area contributed by atoms with Crippen molar-refractivity contribution in [3.05, 3.63) is 78.8 Å². The first-order valence-electron chi connectivity index (χ1n) is 9.21. The van der Waals surface area contributed by atoms with Gasteiger partial charge in [-0.15, -0.1) is 0 Å². The summed E-state index contributed by atoms with van der Waals surface area (Å²) in [5.74, 6) is -1.07. The molecule has 0 saturated heterocycles. The van der Waals surface area contributed by atoms with E-state index in [1.807, 2.05) is 0 Å². The van der Waals surface area contributed by atoms with E-state index in [4.69, 9.17) is 0 Å². The third-order valence-electron chi connectivity index (χ3n) is 4.08. The average molecular weight is 441 g/mol. The highest BCUT2D eigenvalue weighted by Crippen LogP contribution is 2.35. The fraction of sp³-hybridized carbons (Fsp3) is 0.0952. The highest BCUT2D eigenvalue weighted by molar-refractivity contribution is 5.99. The maximum Gasteiger partial charge on any atom is 0.421 e. The number of halogens is 3. The normalized spacial score (nSPS) is 11.6. The third kappa shape index (κ3) is 5.88. The van der Waals surface area contributed by atoms with Gasteiger partial charge in [-0.25, -0.2) is 10.4 Å². The van der Waals surface area contributed by atoms with Crippen molar-refractivity contribution in [2.45, 2.75) is 13.1 Å². The lowest BCUT2D eigenvalue weighted by Crippen LogP contribution is -2.13. The van der Waals surface area contributed by atoms with Crippen LogP contribution in [0.25, 0.3) is 0 Å². The van der Waals surface area contributed by atoms with Crippen LogP contribution in [0, 0.1) is 0 Å². The molecular weight excluding hydrogens is 423 g/mol. The summed E-state index contributed by atoms with van der Waals surface area (Å²) < 4.78 is 40.4. The number of hydrogen-bond donors (Lipinski definition) is 3. The maximum absolute atomic E-state index is 13.5. The molecule has 11 heteroatoms. The van der Waals surface area contributed by atoms with Crippen molar-refractivity contribution in [1.29, 1.82) is 0 Å². The van der Waals surface area contributed by atoms with Gasteiger partial charge in [0.15, 0.2) is 0 Å². The fourth-order valence-electron chi connectivity index (χ4n) is 2.52. The van der Waals surface area contributed by atoms with Crippen molar-refractivity contribution >= 4 is 34.8 Å². The van der Waals surface area contributed by atoms with E-state index in [1.165, 1.54) is 12.1 Å². The molecule has 3 N–H and O–H groups in total. The van der Waals surface area contributed by atoms with Gasteiger partial charge >= 0.3 is 6.18 Å². The largest absolute Gasteiger partial charge is 0.421 e. The van der Waals surface area contributed by atoms with Crippen molar-refractivity contribution in [3.63, 3.8) is 0 Å². The van der Waals surface area contributed by atoms with Crippen LogP contribution in [-0.4, -0.2) is 26.6 Å². The zero-order valence-electron chi connectivity index (χ0n) is 16.8. The van der Waals surface area contributed by atoms with E-state index < -0.39 is 23.5 Å². The fourth-order valence-corrected chi connectivity index (χ4v) is 2.52. The number of hydrogen-bond acceptors (Lipinski definition) is 7. The Hall–Kier alpha value is -4.28. The number of aromatic nitrogens is 3. The molecule has 0 spiro atoms. The first-order valence-corrected chi connectivity index (χ1v) is 9.21. The first-order chi connectivity index (χ1) is 15.3. The van der Waals surface area contributed by atoms with E-state index in [1.54, 1.807) is 43.6 Å². The van der Waals surface area contributed by atoms with E-state index in [0.717, 1.165) is 11.6 Å². The number of carbonyl (C=O) groups excluding carboxylic acids is 1. The number of alkyl halides is 3. The Labute approximate surface area is 181 Å². The van der Waals surface area contributed by atoms with Crippen LogP contribution in [0.1, 0.15) is 18.1 Å². The van der Waals surface area contributed by atoms with Gasteiger partial charge < -0.3 is 10.6 Å². The second-order valence-electron chi connectivity index (χ2n) is 6.40. The van der Waals surface area contributed by atoms with Crippen molar-refractivity contribution < 1.29 is 18.0 Å². The number of amides is 1. The molecule has 0 unspecified atom stereocenters. The Kier molecular flexibility index (Phi) is 6.78. The van der Waals surface area contributed by atoms with Gasteiger partial charge in [-0.05, 0) is 37.3 Å². The van der Waals surface area contributed by atoms with Gasteiger partial charge in [-0.1, -0.05) is 18.7 Å². The van der Waals surface area contributed by atoms with Crippen molar-refractivity contribution in [2.24, 2.45) is 5.10 Å². The summed E-state index contributed by atoms with van der Waals surface area (Å²) in [5, 5.41) is 9.26. The highest BCUT2D eigenvalue weighted by Gasteiger charge is 2.35. The molecule has 1 amide bonds. The molecule has 0 atom stereocenters. The van der Waals surface area contributed by atoms with E-state index in [2.05, 4.69) is 42.7 Å². The zero-order valence-corrected chi connectivity index (χ0v) is 16.8. The number of benzene rings is 1. The third-order valence-corrected chi connectivity index (χ3v) is 4.08. The van der Waals surface area contributed by atoms with Crippen molar-refractivity contribution in [3.8, 4) is 0 Å². The molecule has 0 aliphatic carbocycles. The molecule has 0 aliphatic heterocycles. The van der Waals surface area contributed by atoms with Gasteiger partial charge in [0.2, 0.25) is 11.9 Å². The minimum Gasteiger partial charge on any atom is -0.339 e.